The molecule has 0 bridgehead atoms. The monoisotopic (exact) mass is 468 g/mol. The van der Waals surface area contributed by atoms with Gasteiger partial charge in [-0.2, -0.15) is 0 Å². The van der Waals surface area contributed by atoms with Crippen LogP contribution in [-0.2, 0) is 9.59 Å². The number of nitrogens with zero attached hydrogens (tertiary/aromatic N) is 4. The number of carbonyl (C=O) groups is 2. The van der Waals surface area contributed by atoms with E-state index in [1.807, 2.05) is 39.8 Å². The maximum Gasteiger partial charge on any atom is 0.234 e. The van der Waals surface area contributed by atoms with Gasteiger partial charge in [0.15, 0.2) is 10.3 Å². The zero-order valence-corrected chi connectivity index (χ0v) is 19.9. The van der Waals surface area contributed by atoms with Gasteiger partial charge in [-0.05, 0) is 52.0 Å². The van der Waals surface area contributed by atoms with E-state index >= 15 is 0 Å². The Morgan fingerprint density at radius 1 is 0.688 bits per heavy atom. The number of anilines is 2. The molecule has 2 aromatic heterocycles. The van der Waals surface area contributed by atoms with Gasteiger partial charge in [-0.1, -0.05) is 35.7 Å². The molecule has 0 aliphatic heterocycles. The standard InChI is InChI=1S/C22H24N6O2S2/c1-13-9-14(2)24-21(23-13)31-11-19(29)27-17-7-5-6-8-18(17)28-20(30)12-32-22-25-15(3)10-16(4)26-22/h5-10H,11-12H2,1-4H3,(H,27,29)(H,28,30). The fourth-order valence-corrected chi connectivity index (χ4v) is 4.35. The Hall–Kier alpha value is -2.98. The minimum Gasteiger partial charge on any atom is -0.324 e. The molecule has 3 aromatic rings. The summed E-state index contributed by atoms with van der Waals surface area (Å²) in [6, 6.07) is 10.8. The van der Waals surface area contributed by atoms with Crippen molar-refractivity contribution in [2.45, 2.75) is 38.0 Å². The van der Waals surface area contributed by atoms with Crippen LogP contribution in [0.25, 0.3) is 0 Å². The summed E-state index contributed by atoms with van der Waals surface area (Å²) in [6.45, 7) is 7.56. The van der Waals surface area contributed by atoms with E-state index in [-0.39, 0.29) is 23.3 Å². The van der Waals surface area contributed by atoms with Gasteiger partial charge in [-0.15, -0.1) is 0 Å². The molecule has 8 nitrogen and oxygen atoms in total. The molecular formula is C22H24N6O2S2. The van der Waals surface area contributed by atoms with Gasteiger partial charge in [0.2, 0.25) is 11.8 Å². The van der Waals surface area contributed by atoms with Crippen LogP contribution in [0.3, 0.4) is 0 Å². The van der Waals surface area contributed by atoms with Crippen molar-refractivity contribution >= 4 is 46.7 Å². The number of hydrogen-bond acceptors (Lipinski definition) is 8. The summed E-state index contributed by atoms with van der Waals surface area (Å²) < 4.78 is 0. The molecule has 0 fully saturated rings. The number of carbonyl (C=O) groups excluding carboxylic acids is 2. The minimum absolute atomic E-state index is 0.158. The highest BCUT2D eigenvalue weighted by atomic mass is 32.2. The van der Waals surface area contributed by atoms with E-state index in [0.717, 1.165) is 22.8 Å². The molecule has 0 atom stereocenters. The lowest BCUT2D eigenvalue weighted by molar-refractivity contribution is -0.114. The van der Waals surface area contributed by atoms with Crippen LogP contribution in [0.15, 0.2) is 46.7 Å². The van der Waals surface area contributed by atoms with E-state index in [9.17, 15) is 9.59 Å². The lowest BCUT2D eigenvalue weighted by Gasteiger charge is -2.12. The summed E-state index contributed by atoms with van der Waals surface area (Å²) in [4.78, 5) is 42.2. The molecule has 0 radical (unpaired) electrons. The van der Waals surface area contributed by atoms with Gasteiger partial charge in [-0.3, -0.25) is 9.59 Å². The van der Waals surface area contributed by atoms with Gasteiger partial charge in [0, 0.05) is 22.8 Å². The van der Waals surface area contributed by atoms with Crippen LogP contribution in [0.5, 0.6) is 0 Å². The molecule has 2 heterocycles. The van der Waals surface area contributed by atoms with Crippen molar-refractivity contribution in [2.75, 3.05) is 22.1 Å². The van der Waals surface area contributed by atoms with E-state index in [1.165, 1.54) is 23.5 Å². The van der Waals surface area contributed by atoms with Crippen molar-refractivity contribution in [1.29, 1.82) is 0 Å². The summed E-state index contributed by atoms with van der Waals surface area (Å²) >= 11 is 2.53. The first kappa shape index (κ1) is 23.7. The summed E-state index contributed by atoms with van der Waals surface area (Å²) in [5.74, 6) is -0.106. The van der Waals surface area contributed by atoms with Crippen LogP contribution in [-0.4, -0.2) is 43.3 Å². The third-order valence-corrected chi connectivity index (χ3v) is 5.76. The van der Waals surface area contributed by atoms with E-state index in [0.29, 0.717) is 21.7 Å². The summed E-state index contributed by atoms with van der Waals surface area (Å²) in [7, 11) is 0. The quantitative estimate of drug-likeness (QED) is 0.378. The van der Waals surface area contributed by atoms with Crippen molar-refractivity contribution in [2.24, 2.45) is 0 Å². The summed E-state index contributed by atoms with van der Waals surface area (Å²) in [6.07, 6.45) is 0. The first-order valence-corrected chi connectivity index (χ1v) is 11.8. The molecule has 1 aromatic carbocycles. The molecule has 2 N–H and O–H groups in total. The van der Waals surface area contributed by atoms with Crippen molar-refractivity contribution in [1.82, 2.24) is 19.9 Å². The number of para-hydroxylation sites is 2. The Morgan fingerprint density at radius 2 is 1.03 bits per heavy atom. The molecule has 0 saturated heterocycles. The number of aryl methyl sites for hydroxylation is 4. The molecule has 10 heteroatoms. The normalized spacial score (nSPS) is 10.6. The SMILES string of the molecule is Cc1cc(C)nc(SCC(=O)Nc2ccccc2NC(=O)CSc2nc(C)cc(C)n2)n1. The molecule has 2 amide bonds. The molecule has 32 heavy (non-hydrogen) atoms. The summed E-state index contributed by atoms with van der Waals surface area (Å²) in [5.41, 5.74) is 4.49. The number of amides is 2. The van der Waals surface area contributed by atoms with Gasteiger partial charge in [-0.25, -0.2) is 19.9 Å². The number of aromatic nitrogens is 4. The highest BCUT2D eigenvalue weighted by Crippen LogP contribution is 2.23. The second kappa shape index (κ2) is 11.1. The van der Waals surface area contributed by atoms with E-state index in [4.69, 9.17) is 0 Å². The average Bonchev–Trinajstić information content (AvgIpc) is 2.71. The predicted octanol–water partition coefficient (Wildman–Crippen LogP) is 3.96. The van der Waals surface area contributed by atoms with Crippen LogP contribution in [0.1, 0.15) is 22.8 Å². The lowest BCUT2D eigenvalue weighted by atomic mass is 10.2. The van der Waals surface area contributed by atoms with E-state index in [2.05, 4.69) is 30.6 Å². The maximum absolute atomic E-state index is 12.4. The first-order chi connectivity index (χ1) is 15.3. The Balaban J connectivity index is 1.56. The maximum atomic E-state index is 12.4. The van der Waals surface area contributed by atoms with E-state index in [1.54, 1.807) is 24.3 Å². The highest BCUT2D eigenvalue weighted by molar-refractivity contribution is 8.00. The van der Waals surface area contributed by atoms with Crippen molar-refractivity contribution in [3.8, 4) is 0 Å². The smallest absolute Gasteiger partial charge is 0.234 e. The van der Waals surface area contributed by atoms with Gasteiger partial charge >= 0.3 is 0 Å². The van der Waals surface area contributed by atoms with Crippen molar-refractivity contribution in [3.05, 3.63) is 59.2 Å². The zero-order valence-electron chi connectivity index (χ0n) is 18.3. The van der Waals surface area contributed by atoms with Crippen LogP contribution in [0.4, 0.5) is 11.4 Å². The Bertz CT molecular complexity index is 1010. The molecule has 0 aliphatic rings. The van der Waals surface area contributed by atoms with Crippen molar-refractivity contribution < 1.29 is 9.59 Å². The molecule has 3 rings (SSSR count). The van der Waals surface area contributed by atoms with Gasteiger partial charge < -0.3 is 10.6 Å². The number of nitrogens with one attached hydrogen (secondary N) is 2. The Kier molecular flexibility index (Phi) is 8.18. The highest BCUT2D eigenvalue weighted by Gasteiger charge is 2.12. The van der Waals surface area contributed by atoms with Gasteiger partial charge in [0.25, 0.3) is 0 Å². The number of thioether (sulfide) groups is 2. The van der Waals surface area contributed by atoms with Gasteiger partial charge in [0.1, 0.15) is 0 Å². The number of hydrogen-bond donors (Lipinski definition) is 2. The Labute approximate surface area is 195 Å². The fourth-order valence-electron chi connectivity index (χ4n) is 2.85. The third kappa shape index (κ3) is 7.31. The third-order valence-electron chi connectivity index (χ3n) is 4.06. The molecule has 0 aliphatic carbocycles. The Morgan fingerprint density at radius 3 is 1.38 bits per heavy atom. The molecule has 166 valence electrons. The second-order valence-electron chi connectivity index (χ2n) is 7.09. The second-order valence-corrected chi connectivity index (χ2v) is 8.97. The largest absolute Gasteiger partial charge is 0.324 e. The van der Waals surface area contributed by atoms with Crippen molar-refractivity contribution in [3.63, 3.8) is 0 Å². The summed E-state index contributed by atoms with van der Waals surface area (Å²) in [5, 5.41) is 6.81. The number of rotatable bonds is 8. The first-order valence-electron chi connectivity index (χ1n) is 9.87. The minimum atomic E-state index is -0.211. The predicted molar refractivity (Wildman–Crippen MR) is 128 cm³/mol. The van der Waals surface area contributed by atoms with Crippen LogP contribution in [0, 0.1) is 27.7 Å². The van der Waals surface area contributed by atoms with Crippen LogP contribution in [0.2, 0.25) is 0 Å². The zero-order chi connectivity index (χ0) is 23.1. The molecule has 0 spiro atoms. The van der Waals surface area contributed by atoms with Crippen LogP contribution < -0.4 is 10.6 Å². The molecular weight excluding hydrogens is 444 g/mol. The fraction of sp³-hybridized carbons (Fsp3) is 0.273. The van der Waals surface area contributed by atoms with Gasteiger partial charge in [0.05, 0.1) is 22.9 Å². The lowest BCUT2D eigenvalue weighted by Crippen LogP contribution is -2.19. The number of benzene rings is 1. The van der Waals surface area contributed by atoms with Crippen LogP contribution >= 0.6 is 23.5 Å². The molecule has 0 saturated carbocycles. The topological polar surface area (TPSA) is 110 Å². The average molecular weight is 469 g/mol. The molecule has 0 unspecified atom stereocenters. The van der Waals surface area contributed by atoms with E-state index < -0.39 is 0 Å².